The third-order valence-electron chi connectivity index (χ3n) is 5.98. The van der Waals surface area contributed by atoms with Gasteiger partial charge in [-0.2, -0.15) is 9.61 Å². The molecule has 0 bridgehead atoms. The molecule has 2 aromatic heterocycles. The minimum Gasteiger partial charge on any atom is -0.354 e. The summed E-state index contributed by atoms with van der Waals surface area (Å²) < 4.78 is 2.04. The molecule has 1 aliphatic rings. The highest BCUT2D eigenvalue weighted by molar-refractivity contribution is 5.83. The Morgan fingerprint density at radius 3 is 2.20 bits per heavy atom. The lowest BCUT2D eigenvalue weighted by atomic mass is 10.0. The van der Waals surface area contributed by atoms with E-state index in [1.54, 1.807) is 0 Å². The topological polar surface area (TPSA) is 36.7 Å². The third kappa shape index (κ3) is 3.35. The molecule has 0 amide bonds. The summed E-state index contributed by atoms with van der Waals surface area (Å²) in [4.78, 5) is 9.91. The fourth-order valence-electron chi connectivity index (χ4n) is 4.18. The van der Waals surface area contributed by atoms with E-state index in [0.29, 0.717) is 0 Å². The Labute approximate surface area is 177 Å². The first-order valence-electron chi connectivity index (χ1n) is 10.6. The highest BCUT2D eigenvalue weighted by Crippen LogP contribution is 2.33. The highest BCUT2D eigenvalue weighted by atomic mass is 15.4. The van der Waals surface area contributed by atoms with Crippen molar-refractivity contribution in [2.45, 2.75) is 13.8 Å². The monoisotopic (exact) mass is 397 g/mol. The molecule has 5 heteroatoms. The molecule has 1 saturated heterocycles. The number of rotatable bonds is 3. The van der Waals surface area contributed by atoms with Crippen molar-refractivity contribution in [3.63, 3.8) is 0 Å². The maximum Gasteiger partial charge on any atom is 0.166 e. The minimum atomic E-state index is 0.923. The lowest BCUT2D eigenvalue weighted by Gasteiger charge is -2.34. The second-order valence-electron chi connectivity index (χ2n) is 8.22. The van der Waals surface area contributed by atoms with Crippen LogP contribution in [-0.2, 0) is 0 Å². The molecule has 0 unspecified atom stereocenters. The average molecular weight is 398 g/mol. The van der Waals surface area contributed by atoms with Gasteiger partial charge in [0.2, 0.25) is 0 Å². The van der Waals surface area contributed by atoms with Crippen LogP contribution < -0.4 is 4.90 Å². The molecule has 2 aromatic carbocycles. The summed E-state index contributed by atoms with van der Waals surface area (Å²) in [5.74, 6) is 1.12. The number of hydrogen-bond donors (Lipinski definition) is 0. The summed E-state index contributed by atoms with van der Waals surface area (Å²) in [6.07, 6.45) is 0. The van der Waals surface area contributed by atoms with Crippen LogP contribution in [-0.4, -0.2) is 52.7 Å². The lowest BCUT2D eigenvalue weighted by molar-refractivity contribution is 0.311. The highest BCUT2D eigenvalue weighted by Gasteiger charge is 2.22. The van der Waals surface area contributed by atoms with Crippen LogP contribution in [0, 0.1) is 13.8 Å². The van der Waals surface area contributed by atoms with Gasteiger partial charge < -0.3 is 9.80 Å². The quantitative estimate of drug-likeness (QED) is 0.512. The van der Waals surface area contributed by atoms with Crippen molar-refractivity contribution in [1.82, 2.24) is 19.5 Å². The number of hydrogen-bond acceptors (Lipinski definition) is 4. The van der Waals surface area contributed by atoms with E-state index in [1.807, 2.05) is 10.6 Å². The summed E-state index contributed by atoms with van der Waals surface area (Å²) in [5.41, 5.74) is 7.58. The Bertz CT molecular complexity index is 1170. The Morgan fingerprint density at radius 1 is 0.800 bits per heavy atom. The molecule has 0 spiro atoms. The number of fused-ring (bicyclic) bond motifs is 1. The van der Waals surface area contributed by atoms with Gasteiger partial charge in [0.15, 0.2) is 5.65 Å². The molecule has 0 atom stereocenters. The number of nitrogens with zero attached hydrogens (tertiary/aromatic N) is 5. The number of aromatic nitrogens is 3. The Balaban J connectivity index is 1.74. The summed E-state index contributed by atoms with van der Waals surface area (Å²) in [6.45, 7) is 8.28. The largest absolute Gasteiger partial charge is 0.354 e. The van der Waals surface area contributed by atoms with Crippen molar-refractivity contribution in [2.75, 3.05) is 38.1 Å². The molecule has 3 heterocycles. The Kier molecular flexibility index (Phi) is 4.75. The molecular weight excluding hydrogens is 370 g/mol. The first-order chi connectivity index (χ1) is 14.6. The van der Waals surface area contributed by atoms with E-state index in [9.17, 15) is 0 Å². The number of benzene rings is 2. The first-order valence-corrected chi connectivity index (χ1v) is 10.6. The molecule has 0 saturated carbocycles. The van der Waals surface area contributed by atoms with E-state index in [2.05, 4.69) is 85.3 Å². The second kappa shape index (κ2) is 7.58. The van der Waals surface area contributed by atoms with Crippen LogP contribution in [0.25, 0.3) is 28.0 Å². The Morgan fingerprint density at radius 2 is 1.50 bits per heavy atom. The van der Waals surface area contributed by atoms with Gasteiger partial charge in [-0.15, -0.1) is 0 Å². The van der Waals surface area contributed by atoms with Crippen LogP contribution in [0.4, 0.5) is 5.82 Å². The van der Waals surface area contributed by atoms with Crippen molar-refractivity contribution >= 4 is 11.5 Å². The fraction of sp³-hybridized carbons (Fsp3) is 0.280. The van der Waals surface area contributed by atoms with Gasteiger partial charge in [-0.25, -0.2) is 4.98 Å². The summed E-state index contributed by atoms with van der Waals surface area (Å²) in [7, 11) is 2.18. The first kappa shape index (κ1) is 18.8. The SMILES string of the molecule is Cc1ccc(-c2c(C)nn3c(N4CCN(C)CC4)cc(-c4ccccc4)nc23)cc1. The standard InChI is InChI=1S/C25H27N5/c1-18-9-11-21(12-10-18)24-19(2)27-30-23(29-15-13-28(3)14-16-29)17-22(26-25(24)30)20-7-5-4-6-8-20/h4-12,17H,13-16H2,1-3H3. The number of piperazine rings is 1. The van der Waals surface area contributed by atoms with Gasteiger partial charge in [0.25, 0.3) is 0 Å². The van der Waals surface area contributed by atoms with E-state index >= 15 is 0 Å². The molecule has 0 aliphatic carbocycles. The number of anilines is 1. The van der Waals surface area contributed by atoms with Crippen LogP contribution >= 0.6 is 0 Å². The normalized spacial score (nSPS) is 15.1. The molecular formula is C25H27N5. The molecule has 4 aromatic rings. The Hall–Kier alpha value is -3.18. The summed E-state index contributed by atoms with van der Waals surface area (Å²) in [5, 5.41) is 4.94. The molecule has 5 rings (SSSR count). The summed E-state index contributed by atoms with van der Waals surface area (Å²) in [6, 6.07) is 21.3. The number of aryl methyl sites for hydroxylation is 2. The maximum absolute atomic E-state index is 5.10. The van der Waals surface area contributed by atoms with Crippen molar-refractivity contribution in [2.24, 2.45) is 0 Å². The van der Waals surface area contributed by atoms with Gasteiger partial charge in [-0.05, 0) is 26.5 Å². The van der Waals surface area contributed by atoms with E-state index in [4.69, 9.17) is 10.1 Å². The average Bonchev–Trinajstić information content (AvgIpc) is 3.11. The predicted molar refractivity (Wildman–Crippen MR) is 123 cm³/mol. The zero-order chi connectivity index (χ0) is 20.7. The second-order valence-corrected chi connectivity index (χ2v) is 8.22. The van der Waals surface area contributed by atoms with E-state index in [1.165, 1.54) is 5.56 Å². The maximum atomic E-state index is 5.10. The lowest BCUT2D eigenvalue weighted by Crippen LogP contribution is -2.45. The van der Waals surface area contributed by atoms with Gasteiger partial charge >= 0.3 is 0 Å². The molecule has 152 valence electrons. The molecule has 1 fully saturated rings. The fourth-order valence-corrected chi connectivity index (χ4v) is 4.18. The van der Waals surface area contributed by atoms with Gasteiger partial charge in [0, 0.05) is 43.4 Å². The van der Waals surface area contributed by atoms with Crippen molar-refractivity contribution in [3.05, 3.63) is 71.9 Å². The molecule has 1 aliphatic heterocycles. The van der Waals surface area contributed by atoms with Gasteiger partial charge in [0.05, 0.1) is 11.4 Å². The molecule has 0 radical (unpaired) electrons. The van der Waals surface area contributed by atoms with Crippen molar-refractivity contribution in [3.8, 4) is 22.4 Å². The summed E-state index contributed by atoms with van der Waals surface area (Å²) >= 11 is 0. The van der Waals surface area contributed by atoms with E-state index in [0.717, 1.165) is 65.7 Å². The zero-order valence-corrected chi connectivity index (χ0v) is 17.8. The van der Waals surface area contributed by atoms with E-state index < -0.39 is 0 Å². The third-order valence-corrected chi connectivity index (χ3v) is 5.98. The predicted octanol–water partition coefficient (Wildman–Crippen LogP) is 4.43. The van der Waals surface area contributed by atoms with Crippen LogP contribution in [0.5, 0.6) is 0 Å². The number of likely N-dealkylation sites (N-methyl/N-ethyl adjacent to an activating group) is 1. The van der Waals surface area contributed by atoms with Crippen LogP contribution in [0.1, 0.15) is 11.3 Å². The zero-order valence-electron chi connectivity index (χ0n) is 17.8. The van der Waals surface area contributed by atoms with Crippen molar-refractivity contribution in [1.29, 1.82) is 0 Å². The molecule has 0 N–H and O–H groups in total. The van der Waals surface area contributed by atoms with Gasteiger partial charge in [0.1, 0.15) is 5.82 Å². The van der Waals surface area contributed by atoms with Crippen LogP contribution in [0.15, 0.2) is 60.7 Å². The van der Waals surface area contributed by atoms with Crippen molar-refractivity contribution < 1.29 is 0 Å². The van der Waals surface area contributed by atoms with Gasteiger partial charge in [-0.3, -0.25) is 0 Å². The van der Waals surface area contributed by atoms with Crippen LogP contribution in [0.3, 0.4) is 0 Å². The van der Waals surface area contributed by atoms with E-state index in [-0.39, 0.29) is 0 Å². The molecule has 30 heavy (non-hydrogen) atoms. The van der Waals surface area contributed by atoms with Crippen LogP contribution in [0.2, 0.25) is 0 Å². The smallest absolute Gasteiger partial charge is 0.166 e. The molecule has 5 nitrogen and oxygen atoms in total. The minimum absolute atomic E-state index is 0.923. The van der Waals surface area contributed by atoms with Gasteiger partial charge in [-0.1, -0.05) is 60.2 Å².